The van der Waals surface area contributed by atoms with Gasteiger partial charge in [-0.1, -0.05) is 0 Å². The maximum absolute atomic E-state index is 11.8. The minimum atomic E-state index is -0.602. The summed E-state index contributed by atoms with van der Waals surface area (Å²) >= 11 is 0. The molecule has 0 aromatic rings. The van der Waals surface area contributed by atoms with Crippen molar-refractivity contribution in [3.8, 4) is 0 Å². The molecule has 1 unspecified atom stereocenters. The molecule has 1 saturated carbocycles. The Balaban J connectivity index is 2.00. The second kappa shape index (κ2) is 2.28. The molecule has 3 rings (SSSR count). The van der Waals surface area contributed by atoms with Crippen LogP contribution in [0.25, 0.3) is 0 Å². The molecule has 3 N–H and O–H groups in total. The lowest BCUT2D eigenvalue weighted by Gasteiger charge is -2.39. The number of hydrogen-bond donors (Lipinski definition) is 3. The van der Waals surface area contributed by atoms with Gasteiger partial charge in [0, 0.05) is 12.0 Å². The number of rotatable bonds is 0. The highest BCUT2D eigenvalue weighted by Gasteiger charge is 2.67. The molecule has 1 aliphatic carbocycles. The van der Waals surface area contributed by atoms with Gasteiger partial charge in [0.15, 0.2) is 0 Å². The molecule has 2 aliphatic heterocycles. The number of nitrogens with one attached hydrogen (secondary N) is 3. The van der Waals surface area contributed by atoms with Gasteiger partial charge in [0.1, 0.15) is 5.54 Å². The maximum atomic E-state index is 11.8. The Morgan fingerprint density at radius 1 is 1.14 bits per heavy atom. The molecule has 2 spiro atoms. The van der Waals surface area contributed by atoms with E-state index in [9.17, 15) is 9.59 Å². The molecule has 2 heterocycles. The van der Waals surface area contributed by atoms with E-state index in [0.29, 0.717) is 6.42 Å². The number of imide groups is 1. The first-order valence-corrected chi connectivity index (χ1v) is 5.03. The van der Waals surface area contributed by atoms with Crippen LogP contribution in [0.3, 0.4) is 0 Å². The summed E-state index contributed by atoms with van der Waals surface area (Å²) in [5.74, 6) is -0.124. The third-order valence-electron chi connectivity index (χ3n) is 3.84. The Morgan fingerprint density at radius 3 is 2.50 bits per heavy atom. The molecular weight excluding hydrogens is 182 g/mol. The van der Waals surface area contributed by atoms with Crippen molar-refractivity contribution in [1.29, 1.82) is 0 Å². The van der Waals surface area contributed by atoms with Crippen molar-refractivity contribution >= 4 is 11.9 Å². The van der Waals surface area contributed by atoms with Gasteiger partial charge in [-0.2, -0.15) is 0 Å². The van der Waals surface area contributed by atoms with Crippen LogP contribution in [0.5, 0.6) is 0 Å². The highest BCUT2D eigenvalue weighted by atomic mass is 16.2. The number of urea groups is 1. The molecule has 0 aromatic heterocycles. The number of carbonyl (C=O) groups excluding carboxylic acids is 2. The van der Waals surface area contributed by atoms with Crippen molar-refractivity contribution in [3.05, 3.63) is 0 Å². The van der Waals surface area contributed by atoms with Crippen LogP contribution >= 0.6 is 0 Å². The fourth-order valence-electron chi connectivity index (χ4n) is 2.82. The van der Waals surface area contributed by atoms with Gasteiger partial charge in [-0.25, -0.2) is 4.79 Å². The van der Waals surface area contributed by atoms with Crippen LogP contribution in [0.2, 0.25) is 0 Å². The smallest absolute Gasteiger partial charge is 0.322 e. The molecule has 3 amide bonds. The van der Waals surface area contributed by atoms with Crippen LogP contribution < -0.4 is 16.0 Å². The summed E-state index contributed by atoms with van der Waals surface area (Å²) in [5.41, 5.74) is -0.600. The standard InChI is InChI=1S/C9H13N3O2/c13-6-9(12-7(14)11-6)3-4-10-5-8(9)1-2-8/h10H,1-5H2,(H2,11,12,13,14). The first-order valence-electron chi connectivity index (χ1n) is 5.03. The minimum absolute atomic E-state index is 0.00148. The SMILES string of the molecule is O=C1NC(=O)C2(CCNCC23CC3)N1. The van der Waals surface area contributed by atoms with Crippen LogP contribution in [0.1, 0.15) is 19.3 Å². The summed E-state index contributed by atoms with van der Waals surface area (Å²) in [6.45, 7) is 1.65. The molecule has 0 bridgehead atoms. The number of fused-ring (bicyclic) bond motifs is 1. The van der Waals surface area contributed by atoms with Crippen LogP contribution in [-0.2, 0) is 4.79 Å². The second-order valence-electron chi connectivity index (χ2n) is 4.52. The molecule has 14 heavy (non-hydrogen) atoms. The van der Waals surface area contributed by atoms with Gasteiger partial charge in [-0.05, 0) is 25.8 Å². The average molecular weight is 195 g/mol. The Labute approximate surface area is 81.6 Å². The van der Waals surface area contributed by atoms with E-state index in [1.54, 1.807) is 0 Å². The van der Waals surface area contributed by atoms with Gasteiger partial charge in [0.25, 0.3) is 5.91 Å². The monoisotopic (exact) mass is 195 g/mol. The maximum Gasteiger partial charge on any atom is 0.322 e. The Bertz CT molecular complexity index is 324. The topological polar surface area (TPSA) is 70.2 Å². The molecule has 2 saturated heterocycles. The molecule has 3 fully saturated rings. The summed E-state index contributed by atoms with van der Waals surface area (Å²) in [4.78, 5) is 23.0. The van der Waals surface area contributed by atoms with E-state index in [0.717, 1.165) is 25.9 Å². The third-order valence-corrected chi connectivity index (χ3v) is 3.84. The molecule has 0 radical (unpaired) electrons. The second-order valence-corrected chi connectivity index (χ2v) is 4.52. The van der Waals surface area contributed by atoms with Crippen molar-refractivity contribution in [2.45, 2.75) is 24.8 Å². The van der Waals surface area contributed by atoms with E-state index >= 15 is 0 Å². The lowest BCUT2D eigenvalue weighted by Crippen LogP contribution is -2.62. The summed E-state index contributed by atoms with van der Waals surface area (Å²) in [5, 5.41) is 8.48. The normalized spacial score (nSPS) is 38.6. The van der Waals surface area contributed by atoms with E-state index in [1.165, 1.54) is 0 Å². The van der Waals surface area contributed by atoms with E-state index in [4.69, 9.17) is 0 Å². The zero-order valence-corrected chi connectivity index (χ0v) is 7.85. The molecule has 1 atom stereocenters. The van der Waals surface area contributed by atoms with E-state index in [-0.39, 0.29) is 17.4 Å². The molecule has 3 aliphatic rings. The zero-order chi connectivity index (χ0) is 9.81. The number of carbonyl (C=O) groups is 2. The van der Waals surface area contributed by atoms with Crippen molar-refractivity contribution < 1.29 is 9.59 Å². The number of hydrogen-bond acceptors (Lipinski definition) is 3. The summed E-state index contributed by atoms with van der Waals surface area (Å²) in [6, 6.07) is -0.330. The number of piperidine rings is 1. The zero-order valence-electron chi connectivity index (χ0n) is 7.85. The van der Waals surface area contributed by atoms with Crippen LogP contribution in [0.15, 0.2) is 0 Å². The van der Waals surface area contributed by atoms with Crippen LogP contribution in [-0.4, -0.2) is 30.6 Å². The first-order chi connectivity index (χ1) is 6.69. The summed E-state index contributed by atoms with van der Waals surface area (Å²) < 4.78 is 0. The van der Waals surface area contributed by atoms with Crippen molar-refractivity contribution in [2.75, 3.05) is 13.1 Å². The van der Waals surface area contributed by atoms with Gasteiger partial charge in [0.05, 0.1) is 0 Å². The molecule has 5 nitrogen and oxygen atoms in total. The Morgan fingerprint density at radius 2 is 1.93 bits per heavy atom. The number of amides is 3. The molecular formula is C9H13N3O2. The van der Waals surface area contributed by atoms with E-state index in [2.05, 4.69) is 16.0 Å². The van der Waals surface area contributed by atoms with Gasteiger partial charge in [-0.15, -0.1) is 0 Å². The highest BCUT2D eigenvalue weighted by molar-refractivity contribution is 6.08. The van der Waals surface area contributed by atoms with Crippen molar-refractivity contribution in [3.63, 3.8) is 0 Å². The highest BCUT2D eigenvalue weighted by Crippen LogP contribution is 2.57. The fourth-order valence-corrected chi connectivity index (χ4v) is 2.82. The third kappa shape index (κ3) is 0.785. The molecule has 0 aromatic carbocycles. The Kier molecular flexibility index (Phi) is 1.34. The van der Waals surface area contributed by atoms with Gasteiger partial charge in [-0.3, -0.25) is 10.1 Å². The quantitative estimate of drug-likeness (QED) is 0.449. The predicted octanol–water partition coefficient (Wildman–Crippen LogP) is -0.662. The van der Waals surface area contributed by atoms with E-state index < -0.39 is 5.54 Å². The van der Waals surface area contributed by atoms with E-state index in [1.807, 2.05) is 0 Å². The minimum Gasteiger partial charge on any atom is -0.323 e. The molecule has 76 valence electrons. The average Bonchev–Trinajstić information content (AvgIpc) is 2.85. The lowest BCUT2D eigenvalue weighted by atomic mass is 9.75. The Hall–Kier alpha value is -1.10. The first kappa shape index (κ1) is 8.23. The summed E-state index contributed by atoms with van der Waals surface area (Å²) in [6.07, 6.45) is 2.78. The van der Waals surface area contributed by atoms with Gasteiger partial charge in [0.2, 0.25) is 0 Å². The lowest BCUT2D eigenvalue weighted by molar-refractivity contribution is -0.127. The van der Waals surface area contributed by atoms with Crippen molar-refractivity contribution in [1.82, 2.24) is 16.0 Å². The van der Waals surface area contributed by atoms with Crippen LogP contribution in [0.4, 0.5) is 4.79 Å². The van der Waals surface area contributed by atoms with Gasteiger partial charge < -0.3 is 10.6 Å². The largest absolute Gasteiger partial charge is 0.323 e. The van der Waals surface area contributed by atoms with Crippen LogP contribution in [0, 0.1) is 5.41 Å². The van der Waals surface area contributed by atoms with Crippen molar-refractivity contribution in [2.24, 2.45) is 5.41 Å². The summed E-state index contributed by atoms with van der Waals surface area (Å²) in [7, 11) is 0. The van der Waals surface area contributed by atoms with Gasteiger partial charge >= 0.3 is 6.03 Å². The predicted molar refractivity (Wildman–Crippen MR) is 48.6 cm³/mol. The fraction of sp³-hybridized carbons (Fsp3) is 0.778. The molecule has 5 heteroatoms.